The summed E-state index contributed by atoms with van der Waals surface area (Å²) in [4.78, 5) is 37.6. The van der Waals surface area contributed by atoms with Gasteiger partial charge < -0.3 is 19.7 Å². The number of ketones is 1. The number of carbonyl (C=O) groups excluding carboxylic acids is 3. The van der Waals surface area contributed by atoms with Crippen LogP contribution in [0.1, 0.15) is 66.7 Å². The van der Waals surface area contributed by atoms with E-state index in [4.69, 9.17) is 9.47 Å². The van der Waals surface area contributed by atoms with Gasteiger partial charge in [-0.2, -0.15) is 0 Å². The molecule has 0 spiro atoms. The highest BCUT2D eigenvalue weighted by Crippen LogP contribution is 2.67. The van der Waals surface area contributed by atoms with Crippen molar-refractivity contribution in [2.45, 2.75) is 84.5 Å². The number of ether oxygens (including phenoxy) is 2. The molecule has 0 saturated heterocycles. The lowest BCUT2D eigenvalue weighted by molar-refractivity contribution is -0.221. The fraction of sp³-hybridized carbons (Fsp3) is 0.741. The number of aliphatic hydroxyl groups excluding tert-OH is 1. The van der Waals surface area contributed by atoms with Crippen LogP contribution in [0.3, 0.4) is 0 Å². The number of aliphatic hydroxyl groups is 2. The van der Waals surface area contributed by atoms with Gasteiger partial charge in [0.25, 0.3) is 0 Å². The summed E-state index contributed by atoms with van der Waals surface area (Å²) < 4.78 is 10.6. The number of allylic oxidation sites excluding steroid dienone is 4. The molecule has 4 rings (SSSR count). The van der Waals surface area contributed by atoms with Gasteiger partial charge in [-0.15, -0.1) is 0 Å². The molecule has 8 atom stereocenters. The summed E-state index contributed by atoms with van der Waals surface area (Å²) in [5, 5.41) is 23.6. The van der Waals surface area contributed by atoms with E-state index in [9.17, 15) is 24.6 Å². The summed E-state index contributed by atoms with van der Waals surface area (Å²) in [6, 6.07) is 0. The first-order valence-corrected chi connectivity index (χ1v) is 12.3. The molecule has 0 aromatic carbocycles. The second kappa shape index (κ2) is 8.02. The van der Waals surface area contributed by atoms with Gasteiger partial charge in [-0.1, -0.05) is 25.5 Å². The van der Waals surface area contributed by atoms with E-state index in [1.807, 2.05) is 13.0 Å². The smallest absolute Gasteiger partial charge is 0.350 e. The third kappa shape index (κ3) is 3.49. The Balaban J connectivity index is 1.71. The quantitative estimate of drug-likeness (QED) is 0.605. The highest BCUT2D eigenvalue weighted by atomic mass is 16.6. The molecule has 0 aliphatic heterocycles. The van der Waals surface area contributed by atoms with E-state index in [0.29, 0.717) is 6.42 Å². The van der Waals surface area contributed by atoms with Crippen LogP contribution in [0, 0.1) is 34.0 Å². The van der Waals surface area contributed by atoms with E-state index < -0.39 is 46.0 Å². The molecule has 2 N–H and O–H groups in total. The van der Waals surface area contributed by atoms with Gasteiger partial charge in [0.05, 0.1) is 18.6 Å². The van der Waals surface area contributed by atoms with E-state index in [2.05, 4.69) is 6.92 Å². The molecule has 7 heteroatoms. The Labute approximate surface area is 201 Å². The molecule has 4 aliphatic rings. The average molecular weight is 475 g/mol. The molecule has 188 valence electrons. The van der Waals surface area contributed by atoms with E-state index in [-0.39, 0.29) is 36.4 Å². The zero-order valence-electron chi connectivity index (χ0n) is 21.1. The SMILES string of the molecule is COC(=O)[C@@H](OC(=O)C(C)(C)C)[C@@]1(O)CC[C@H]2[C@@H]3CCC4=CC(=O)C=C[C@]4(C)[C@H]3[C@@H](O)C[C@@]21C. The van der Waals surface area contributed by atoms with Crippen molar-refractivity contribution in [2.75, 3.05) is 7.11 Å². The maximum atomic E-state index is 12.8. The van der Waals surface area contributed by atoms with Crippen LogP contribution in [-0.2, 0) is 23.9 Å². The van der Waals surface area contributed by atoms with Gasteiger partial charge in [-0.3, -0.25) is 9.59 Å². The van der Waals surface area contributed by atoms with Crippen molar-refractivity contribution in [3.8, 4) is 0 Å². The van der Waals surface area contributed by atoms with E-state index >= 15 is 0 Å². The first-order valence-electron chi connectivity index (χ1n) is 12.3. The Kier molecular flexibility index (Phi) is 5.92. The van der Waals surface area contributed by atoms with E-state index in [0.717, 1.165) is 18.4 Å². The number of hydrogen-bond donors (Lipinski definition) is 2. The van der Waals surface area contributed by atoms with Gasteiger partial charge in [-0.25, -0.2) is 4.79 Å². The van der Waals surface area contributed by atoms with Gasteiger partial charge in [0.15, 0.2) is 5.78 Å². The highest BCUT2D eigenvalue weighted by Gasteiger charge is 2.70. The van der Waals surface area contributed by atoms with Gasteiger partial charge in [0, 0.05) is 16.7 Å². The fourth-order valence-electron chi connectivity index (χ4n) is 7.53. The van der Waals surface area contributed by atoms with Crippen molar-refractivity contribution in [3.63, 3.8) is 0 Å². The lowest BCUT2D eigenvalue weighted by Crippen LogP contribution is -2.64. The fourth-order valence-corrected chi connectivity index (χ4v) is 7.53. The number of methoxy groups -OCH3 is 1. The molecule has 3 fully saturated rings. The Morgan fingerprint density at radius 2 is 1.88 bits per heavy atom. The normalized spacial score (nSPS) is 42.1. The Hall–Kier alpha value is -1.99. The van der Waals surface area contributed by atoms with Crippen molar-refractivity contribution in [2.24, 2.45) is 34.0 Å². The molecule has 0 aromatic heterocycles. The van der Waals surface area contributed by atoms with Crippen LogP contribution >= 0.6 is 0 Å². The van der Waals surface area contributed by atoms with Crippen molar-refractivity contribution in [3.05, 3.63) is 23.8 Å². The predicted octanol–water partition coefficient (Wildman–Crippen LogP) is 3.13. The first kappa shape index (κ1) is 25.1. The summed E-state index contributed by atoms with van der Waals surface area (Å²) in [7, 11) is 1.22. The monoisotopic (exact) mass is 474 g/mol. The largest absolute Gasteiger partial charge is 0.466 e. The zero-order valence-corrected chi connectivity index (χ0v) is 21.1. The summed E-state index contributed by atoms with van der Waals surface area (Å²) in [6.07, 6.45) is 5.77. The highest BCUT2D eigenvalue weighted by molar-refractivity contribution is 6.01. The molecule has 0 bridgehead atoms. The summed E-state index contributed by atoms with van der Waals surface area (Å²) in [6.45, 7) is 9.08. The molecule has 0 aromatic rings. The maximum absolute atomic E-state index is 12.8. The minimum absolute atomic E-state index is 0.0158. The molecule has 0 amide bonds. The second-order valence-corrected chi connectivity index (χ2v) is 12.2. The maximum Gasteiger partial charge on any atom is 0.350 e. The van der Waals surface area contributed by atoms with Crippen molar-refractivity contribution >= 4 is 17.7 Å². The number of rotatable bonds is 3. The first-order chi connectivity index (χ1) is 15.7. The zero-order chi connectivity index (χ0) is 25.3. The lowest BCUT2D eigenvalue weighted by atomic mass is 9.46. The van der Waals surface area contributed by atoms with Crippen LogP contribution < -0.4 is 0 Å². The number of hydrogen-bond acceptors (Lipinski definition) is 7. The Morgan fingerprint density at radius 1 is 1.21 bits per heavy atom. The van der Waals surface area contributed by atoms with Crippen molar-refractivity contribution in [1.82, 2.24) is 0 Å². The third-order valence-electron chi connectivity index (χ3n) is 9.40. The van der Waals surface area contributed by atoms with Crippen LogP contribution in [0.5, 0.6) is 0 Å². The summed E-state index contributed by atoms with van der Waals surface area (Å²) >= 11 is 0. The molecule has 0 radical (unpaired) electrons. The topological polar surface area (TPSA) is 110 Å². The molecule has 7 nitrogen and oxygen atoms in total. The number of fused-ring (bicyclic) bond motifs is 5. The van der Waals surface area contributed by atoms with Crippen LogP contribution in [0.4, 0.5) is 0 Å². The van der Waals surface area contributed by atoms with Gasteiger partial charge in [0.1, 0.15) is 5.60 Å². The molecule has 34 heavy (non-hydrogen) atoms. The van der Waals surface area contributed by atoms with Crippen molar-refractivity contribution < 1.29 is 34.1 Å². The summed E-state index contributed by atoms with van der Waals surface area (Å²) in [5.41, 5.74) is -2.73. The van der Waals surface area contributed by atoms with Gasteiger partial charge >= 0.3 is 11.9 Å². The molecular formula is C27H38O7. The minimum Gasteiger partial charge on any atom is -0.466 e. The standard InChI is InChI=1S/C27H38O7/c1-24(2,3)23(31)34-21(22(30)33-6)27(32)12-10-18-17-8-7-15-13-16(28)9-11-25(15,4)20(17)19(29)14-26(18,27)5/h9,11,13,17-21,29,32H,7-8,10,12,14H2,1-6H3/t17-,18-,19-,20+,21+,25-,26-,27-/m0/s1. The molecule has 0 heterocycles. The van der Waals surface area contributed by atoms with Crippen molar-refractivity contribution in [1.29, 1.82) is 0 Å². The number of esters is 2. The average Bonchev–Trinajstić information content (AvgIpc) is 3.01. The minimum atomic E-state index is -1.66. The van der Waals surface area contributed by atoms with E-state index in [1.165, 1.54) is 7.11 Å². The molecular weight excluding hydrogens is 436 g/mol. The van der Waals surface area contributed by atoms with Gasteiger partial charge in [0.2, 0.25) is 6.10 Å². The molecule has 3 saturated carbocycles. The van der Waals surface area contributed by atoms with Crippen LogP contribution in [-0.4, -0.2) is 52.9 Å². The third-order valence-corrected chi connectivity index (χ3v) is 9.40. The lowest BCUT2D eigenvalue weighted by Gasteiger charge is -2.60. The number of carbonyl (C=O) groups is 3. The van der Waals surface area contributed by atoms with E-state index in [1.54, 1.807) is 32.9 Å². The molecule has 4 aliphatic carbocycles. The Bertz CT molecular complexity index is 959. The molecule has 0 unspecified atom stereocenters. The van der Waals surface area contributed by atoms with Crippen LogP contribution in [0.25, 0.3) is 0 Å². The van der Waals surface area contributed by atoms with Crippen LogP contribution in [0.2, 0.25) is 0 Å². The van der Waals surface area contributed by atoms with Crippen LogP contribution in [0.15, 0.2) is 23.8 Å². The summed E-state index contributed by atoms with van der Waals surface area (Å²) in [5.74, 6) is -1.36. The second-order valence-electron chi connectivity index (χ2n) is 12.2. The predicted molar refractivity (Wildman–Crippen MR) is 124 cm³/mol. The van der Waals surface area contributed by atoms with Gasteiger partial charge in [-0.05, 0) is 76.9 Å². The Morgan fingerprint density at radius 3 is 2.50 bits per heavy atom.